The SMILES string of the molecule is CC(C)c1ccc(C[NH+]2CC[NH+]([C@H](C)C(=O)NC3CCCC3)CC2)cc1. The number of nitrogens with one attached hydrogen (secondary N) is 3. The van der Waals surface area contributed by atoms with Crippen LogP contribution in [-0.4, -0.2) is 44.2 Å². The second-order valence-electron chi connectivity index (χ2n) is 8.69. The van der Waals surface area contributed by atoms with Crippen molar-refractivity contribution >= 4 is 5.91 Å². The van der Waals surface area contributed by atoms with Gasteiger partial charge in [0.25, 0.3) is 5.91 Å². The molecular weight excluding hydrogens is 322 g/mol. The molecule has 4 nitrogen and oxygen atoms in total. The average molecular weight is 360 g/mol. The molecule has 1 atom stereocenters. The van der Waals surface area contributed by atoms with E-state index in [1.165, 1.54) is 41.7 Å². The van der Waals surface area contributed by atoms with Crippen LogP contribution in [0.5, 0.6) is 0 Å². The lowest BCUT2D eigenvalue weighted by molar-refractivity contribution is -1.02. The molecule has 26 heavy (non-hydrogen) atoms. The van der Waals surface area contributed by atoms with Gasteiger partial charge in [0.05, 0.1) is 0 Å². The van der Waals surface area contributed by atoms with E-state index in [1.807, 2.05) is 0 Å². The van der Waals surface area contributed by atoms with E-state index >= 15 is 0 Å². The van der Waals surface area contributed by atoms with Crippen molar-refractivity contribution in [3.8, 4) is 0 Å². The first-order valence-corrected chi connectivity index (χ1v) is 10.6. The van der Waals surface area contributed by atoms with Crippen molar-refractivity contribution in [2.75, 3.05) is 26.2 Å². The lowest BCUT2D eigenvalue weighted by Gasteiger charge is -2.33. The molecule has 1 heterocycles. The molecule has 2 aliphatic rings. The molecule has 1 amide bonds. The van der Waals surface area contributed by atoms with Crippen LogP contribution < -0.4 is 15.1 Å². The van der Waals surface area contributed by atoms with Gasteiger partial charge in [-0.05, 0) is 31.2 Å². The van der Waals surface area contributed by atoms with Crippen LogP contribution in [0, 0.1) is 0 Å². The van der Waals surface area contributed by atoms with Gasteiger partial charge in [-0.15, -0.1) is 0 Å². The normalized spacial score (nSPS) is 25.4. The van der Waals surface area contributed by atoms with Gasteiger partial charge < -0.3 is 15.1 Å². The summed E-state index contributed by atoms with van der Waals surface area (Å²) in [6.45, 7) is 12.2. The topological polar surface area (TPSA) is 38.0 Å². The molecule has 0 bridgehead atoms. The van der Waals surface area contributed by atoms with E-state index in [-0.39, 0.29) is 11.9 Å². The van der Waals surface area contributed by atoms with Crippen LogP contribution in [0.4, 0.5) is 0 Å². The summed E-state index contributed by atoms with van der Waals surface area (Å²) in [6.07, 6.45) is 4.88. The van der Waals surface area contributed by atoms with Crippen molar-refractivity contribution in [3.05, 3.63) is 35.4 Å². The Balaban J connectivity index is 1.43. The van der Waals surface area contributed by atoms with Crippen LogP contribution in [0.2, 0.25) is 0 Å². The smallest absolute Gasteiger partial charge is 0.278 e. The van der Waals surface area contributed by atoms with E-state index in [9.17, 15) is 4.79 Å². The molecule has 0 spiro atoms. The van der Waals surface area contributed by atoms with Crippen LogP contribution in [0.3, 0.4) is 0 Å². The fourth-order valence-corrected chi connectivity index (χ4v) is 4.43. The van der Waals surface area contributed by atoms with Crippen molar-refractivity contribution < 1.29 is 14.6 Å². The molecule has 0 radical (unpaired) electrons. The van der Waals surface area contributed by atoms with Crippen LogP contribution in [-0.2, 0) is 11.3 Å². The molecule has 1 aliphatic carbocycles. The van der Waals surface area contributed by atoms with Gasteiger partial charge >= 0.3 is 0 Å². The second kappa shape index (κ2) is 9.01. The van der Waals surface area contributed by atoms with Crippen LogP contribution in [0.1, 0.15) is 63.5 Å². The van der Waals surface area contributed by atoms with E-state index in [4.69, 9.17) is 0 Å². The summed E-state index contributed by atoms with van der Waals surface area (Å²) in [6, 6.07) is 9.65. The largest absolute Gasteiger partial charge is 0.348 e. The Labute approximate surface area is 158 Å². The third kappa shape index (κ3) is 5.08. The van der Waals surface area contributed by atoms with E-state index in [2.05, 4.69) is 50.4 Å². The number of piperazine rings is 1. The zero-order valence-electron chi connectivity index (χ0n) is 16.8. The highest BCUT2D eigenvalue weighted by molar-refractivity contribution is 5.80. The molecule has 1 aromatic carbocycles. The molecule has 2 fully saturated rings. The molecule has 3 N–H and O–H groups in total. The van der Waals surface area contributed by atoms with Crippen LogP contribution in [0.15, 0.2) is 24.3 Å². The highest BCUT2D eigenvalue weighted by atomic mass is 16.2. The minimum absolute atomic E-state index is 0.0856. The first kappa shape index (κ1) is 19.4. The van der Waals surface area contributed by atoms with Gasteiger partial charge in [0.15, 0.2) is 6.04 Å². The van der Waals surface area contributed by atoms with Crippen molar-refractivity contribution in [2.45, 2.75) is 71.0 Å². The van der Waals surface area contributed by atoms with Gasteiger partial charge in [-0.3, -0.25) is 4.79 Å². The second-order valence-corrected chi connectivity index (χ2v) is 8.69. The van der Waals surface area contributed by atoms with E-state index < -0.39 is 0 Å². The number of benzene rings is 1. The Morgan fingerprint density at radius 3 is 2.23 bits per heavy atom. The van der Waals surface area contributed by atoms with Gasteiger partial charge in [-0.25, -0.2) is 0 Å². The summed E-state index contributed by atoms with van der Waals surface area (Å²) in [5, 5.41) is 3.27. The number of carbonyl (C=O) groups is 1. The van der Waals surface area contributed by atoms with Gasteiger partial charge in [-0.2, -0.15) is 0 Å². The van der Waals surface area contributed by atoms with Gasteiger partial charge in [0.2, 0.25) is 0 Å². The van der Waals surface area contributed by atoms with Crippen LogP contribution in [0.25, 0.3) is 0 Å². The fraction of sp³-hybridized carbons (Fsp3) is 0.682. The Hall–Kier alpha value is -1.39. The van der Waals surface area contributed by atoms with Gasteiger partial charge in [-0.1, -0.05) is 51.0 Å². The van der Waals surface area contributed by atoms with E-state index in [0.717, 1.165) is 32.7 Å². The van der Waals surface area contributed by atoms with Crippen molar-refractivity contribution in [1.29, 1.82) is 0 Å². The standard InChI is InChI=1S/C22H35N3O/c1-17(2)20-10-8-19(9-11-20)16-24-12-14-25(15-13-24)18(3)22(26)23-21-6-4-5-7-21/h8-11,17-18,21H,4-7,12-16H2,1-3H3,(H,23,26)/p+2/t18-/m1/s1. The average Bonchev–Trinajstić information content (AvgIpc) is 3.15. The highest BCUT2D eigenvalue weighted by Gasteiger charge is 2.32. The third-order valence-corrected chi connectivity index (χ3v) is 6.41. The number of hydrogen-bond acceptors (Lipinski definition) is 1. The predicted octanol–water partition coefficient (Wildman–Crippen LogP) is 0.541. The molecule has 1 saturated carbocycles. The summed E-state index contributed by atoms with van der Waals surface area (Å²) in [5.74, 6) is 0.861. The number of hydrogen-bond donors (Lipinski definition) is 3. The van der Waals surface area contributed by atoms with Crippen molar-refractivity contribution in [2.24, 2.45) is 0 Å². The minimum atomic E-state index is 0.0856. The quantitative estimate of drug-likeness (QED) is 0.682. The highest BCUT2D eigenvalue weighted by Crippen LogP contribution is 2.17. The predicted molar refractivity (Wildman–Crippen MR) is 105 cm³/mol. The lowest BCUT2D eigenvalue weighted by Crippen LogP contribution is -3.29. The summed E-state index contributed by atoms with van der Waals surface area (Å²) < 4.78 is 0. The van der Waals surface area contributed by atoms with Crippen molar-refractivity contribution in [1.82, 2.24) is 5.32 Å². The molecule has 4 heteroatoms. The molecule has 0 unspecified atom stereocenters. The summed E-state index contributed by atoms with van der Waals surface area (Å²) in [7, 11) is 0. The molecule has 1 aromatic rings. The first-order valence-electron chi connectivity index (χ1n) is 10.6. The first-order chi connectivity index (χ1) is 12.5. The summed E-state index contributed by atoms with van der Waals surface area (Å²) in [5.41, 5.74) is 2.85. The summed E-state index contributed by atoms with van der Waals surface area (Å²) >= 11 is 0. The number of quaternary nitrogens is 2. The molecule has 1 aliphatic heterocycles. The van der Waals surface area contributed by atoms with Gasteiger partial charge in [0.1, 0.15) is 32.7 Å². The maximum absolute atomic E-state index is 12.5. The van der Waals surface area contributed by atoms with Crippen molar-refractivity contribution in [3.63, 3.8) is 0 Å². The molecule has 0 aromatic heterocycles. The number of amides is 1. The van der Waals surface area contributed by atoms with Gasteiger partial charge in [0, 0.05) is 11.6 Å². The Bertz CT molecular complexity index is 570. The number of carbonyl (C=O) groups excluding carboxylic acids is 1. The van der Waals surface area contributed by atoms with E-state index in [0.29, 0.717) is 12.0 Å². The van der Waals surface area contributed by atoms with Crippen LogP contribution >= 0.6 is 0 Å². The number of rotatable bonds is 6. The molecule has 3 rings (SSSR count). The molecule has 144 valence electrons. The minimum Gasteiger partial charge on any atom is -0.348 e. The zero-order chi connectivity index (χ0) is 18.5. The monoisotopic (exact) mass is 359 g/mol. The Morgan fingerprint density at radius 2 is 1.65 bits per heavy atom. The zero-order valence-corrected chi connectivity index (χ0v) is 16.8. The Morgan fingerprint density at radius 1 is 1.04 bits per heavy atom. The molecule has 1 saturated heterocycles. The van der Waals surface area contributed by atoms with E-state index in [1.54, 1.807) is 4.90 Å². The maximum atomic E-state index is 12.5. The molecular formula is C22H37N3O+2. The lowest BCUT2D eigenvalue weighted by atomic mass is 10.0. The fourth-order valence-electron chi connectivity index (χ4n) is 4.43. The summed E-state index contributed by atoms with van der Waals surface area (Å²) in [4.78, 5) is 15.6. The Kier molecular flexibility index (Phi) is 6.71. The maximum Gasteiger partial charge on any atom is 0.278 e. The third-order valence-electron chi connectivity index (χ3n) is 6.41.